The molecule has 1 atom stereocenters. The summed E-state index contributed by atoms with van der Waals surface area (Å²) in [6, 6.07) is 2.07. The Kier molecular flexibility index (Phi) is 4.53. The molecule has 1 unspecified atom stereocenters. The van der Waals surface area contributed by atoms with Crippen LogP contribution in [0, 0.1) is 6.92 Å². The quantitative estimate of drug-likeness (QED) is 0.844. The van der Waals surface area contributed by atoms with E-state index in [4.69, 9.17) is 4.74 Å². The van der Waals surface area contributed by atoms with Gasteiger partial charge in [-0.05, 0) is 23.9 Å². The maximum atomic E-state index is 11.7. The van der Waals surface area contributed by atoms with E-state index in [9.17, 15) is 4.79 Å². The van der Waals surface area contributed by atoms with E-state index in [0.29, 0.717) is 19.6 Å². The van der Waals surface area contributed by atoms with E-state index < -0.39 is 0 Å². The number of carbonyl (C=O) groups excluding carboxylic acids is 1. The molecule has 0 spiro atoms. The average Bonchev–Trinajstić information content (AvgIpc) is 2.74. The largest absolute Gasteiger partial charge is 0.375 e. The topological polar surface area (TPSA) is 50.4 Å². The fourth-order valence-corrected chi connectivity index (χ4v) is 2.64. The summed E-state index contributed by atoms with van der Waals surface area (Å²) in [6.45, 7) is 5.04. The first-order valence-corrected chi connectivity index (χ1v) is 6.75. The molecule has 1 fully saturated rings. The molecular weight excluding hydrogens is 236 g/mol. The zero-order valence-electron chi connectivity index (χ0n) is 9.99. The molecule has 17 heavy (non-hydrogen) atoms. The molecule has 5 heteroatoms. The number of amides is 1. The molecule has 4 nitrogen and oxygen atoms in total. The molecule has 1 aliphatic rings. The van der Waals surface area contributed by atoms with Crippen LogP contribution in [0.4, 0.5) is 0 Å². The number of aryl methyl sites for hydroxylation is 1. The van der Waals surface area contributed by atoms with Gasteiger partial charge in [0.2, 0.25) is 5.91 Å². The summed E-state index contributed by atoms with van der Waals surface area (Å²) in [5, 5.41) is 8.20. The molecule has 0 saturated carbocycles. The van der Waals surface area contributed by atoms with E-state index in [1.165, 1.54) is 10.4 Å². The predicted molar refractivity (Wildman–Crippen MR) is 68.1 cm³/mol. The second-order valence-electron chi connectivity index (χ2n) is 4.20. The van der Waals surface area contributed by atoms with Crippen molar-refractivity contribution in [3.8, 4) is 0 Å². The van der Waals surface area contributed by atoms with Crippen LogP contribution in [0.2, 0.25) is 0 Å². The Bertz CT molecular complexity index is 372. The zero-order valence-corrected chi connectivity index (χ0v) is 10.8. The van der Waals surface area contributed by atoms with Crippen molar-refractivity contribution in [2.45, 2.75) is 26.0 Å². The Morgan fingerprint density at radius 3 is 3.24 bits per heavy atom. The van der Waals surface area contributed by atoms with Gasteiger partial charge >= 0.3 is 0 Å². The molecule has 94 valence electrons. The van der Waals surface area contributed by atoms with Crippen molar-refractivity contribution >= 4 is 17.2 Å². The number of hydrogen-bond acceptors (Lipinski definition) is 4. The zero-order chi connectivity index (χ0) is 12.1. The number of nitrogens with one attached hydrogen (secondary N) is 2. The molecule has 0 bridgehead atoms. The monoisotopic (exact) mass is 254 g/mol. The molecule has 2 rings (SSSR count). The molecule has 0 aromatic carbocycles. The summed E-state index contributed by atoms with van der Waals surface area (Å²) >= 11 is 1.68. The van der Waals surface area contributed by atoms with Crippen LogP contribution in [0.15, 0.2) is 11.4 Å². The lowest BCUT2D eigenvalue weighted by Crippen LogP contribution is -2.41. The van der Waals surface area contributed by atoms with Crippen molar-refractivity contribution in [2.24, 2.45) is 0 Å². The fraction of sp³-hybridized carbons (Fsp3) is 0.583. The third-order valence-corrected chi connectivity index (χ3v) is 3.85. The van der Waals surface area contributed by atoms with Crippen molar-refractivity contribution in [1.82, 2.24) is 10.6 Å². The van der Waals surface area contributed by atoms with Crippen LogP contribution in [-0.2, 0) is 16.1 Å². The number of carbonyl (C=O) groups is 1. The second-order valence-corrected chi connectivity index (χ2v) is 5.21. The Hall–Kier alpha value is -0.910. The van der Waals surface area contributed by atoms with Crippen LogP contribution < -0.4 is 10.6 Å². The van der Waals surface area contributed by atoms with Gasteiger partial charge in [0.05, 0.1) is 25.7 Å². The molecule has 1 aromatic heterocycles. The van der Waals surface area contributed by atoms with Gasteiger partial charge in [-0.3, -0.25) is 4.79 Å². The van der Waals surface area contributed by atoms with Crippen LogP contribution in [0.5, 0.6) is 0 Å². The Balaban J connectivity index is 1.72. The van der Waals surface area contributed by atoms with Crippen molar-refractivity contribution in [1.29, 1.82) is 0 Å². The Labute approximate surface area is 105 Å². The average molecular weight is 254 g/mol. The van der Waals surface area contributed by atoms with Gasteiger partial charge in [-0.2, -0.15) is 0 Å². The number of rotatable bonds is 4. The fourth-order valence-electron chi connectivity index (χ4n) is 1.79. The van der Waals surface area contributed by atoms with Crippen LogP contribution in [-0.4, -0.2) is 31.7 Å². The third kappa shape index (κ3) is 3.80. The minimum atomic E-state index is 0.0215. The molecule has 0 radical (unpaired) electrons. The van der Waals surface area contributed by atoms with E-state index in [1.54, 1.807) is 11.3 Å². The molecule has 1 amide bonds. The van der Waals surface area contributed by atoms with Gasteiger partial charge in [0.15, 0.2) is 0 Å². The summed E-state index contributed by atoms with van der Waals surface area (Å²) in [5.41, 5.74) is 1.24. The molecule has 0 aliphatic carbocycles. The van der Waals surface area contributed by atoms with E-state index >= 15 is 0 Å². The number of thiophene rings is 1. The SMILES string of the molecule is Cc1ccsc1CNC(=O)CC1CNCCO1. The summed E-state index contributed by atoms with van der Waals surface area (Å²) < 4.78 is 5.49. The molecule has 1 aromatic rings. The minimum Gasteiger partial charge on any atom is -0.375 e. The van der Waals surface area contributed by atoms with Gasteiger partial charge in [-0.1, -0.05) is 0 Å². The molecule has 2 heterocycles. The van der Waals surface area contributed by atoms with Crippen LogP contribution >= 0.6 is 11.3 Å². The van der Waals surface area contributed by atoms with E-state index in [2.05, 4.69) is 23.6 Å². The summed E-state index contributed by atoms with van der Waals surface area (Å²) in [4.78, 5) is 12.9. The smallest absolute Gasteiger partial charge is 0.222 e. The standard InChI is InChI=1S/C12H18N2O2S/c1-9-2-5-17-11(9)8-14-12(15)6-10-7-13-3-4-16-10/h2,5,10,13H,3-4,6-8H2,1H3,(H,14,15). The highest BCUT2D eigenvalue weighted by Gasteiger charge is 2.17. The van der Waals surface area contributed by atoms with E-state index in [-0.39, 0.29) is 12.0 Å². The Morgan fingerprint density at radius 2 is 2.59 bits per heavy atom. The number of hydrogen-bond donors (Lipinski definition) is 2. The van der Waals surface area contributed by atoms with Gasteiger partial charge in [-0.15, -0.1) is 11.3 Å². The second kappa shape index (κ2) is 6.14. The lowest BCUT2D eigenvalue weighted by molar-refractivity contribution is -0.124. The maximum absolute atomic E-state index is 11.7. The molecule has 1 aliphatic heterocycles. The Morgan fingerprint density at radius 1 is 1.71 bits per heavy atom. The highest BCUT2D eigenvalue weighted by Crippen LogP contribution is 2.14. The lowest BCUT2D eigenvalue weighted by Gasteiger charge is -2.23. The number of ether oxygens (including phenoxy) is 1. The van der Waals surface area contributed by atoms with Gasteiger partial charge in [0.25, 0.3) is 0 Å². The molecule has 1 saturated heterocycles. The predicted octanol–water partition coefficient (Wildman–Crippen LogP) is 1.05. The number of morpholine rings is 1. The minimum absolute atomic E-state index is 0.0215. The van der Waals surface area contributed by atoms with Gasteiger partial charge in [0.1, 0.15) is 0 Å². The summed E-state index contributed by atoms with van der Waals surface area (Å²) in [6.07, 6.45) is 0.463. The van der Waals surface area contributed by atoms with Crippen molar-refractivity contribution in [3.63, 3.8) is 0 Å². The first-order chi connectivity index (χ1) is 8.25. The first kappa shape index (κ1) is 12.5. The van der Waals surface area contributed by atoms with E-state index in [1.807, 2.05) is 5.38 Å². The van der Waals surface area contributed by atoms with Crippen molar-refractivity contribution in [2.75, 3.05) is 19.7 Å². The molecular formula is C12H18N2O2S. The highest BCUT2D eigenvalue weighted by molar-refractivity contribution is 7.10. The third-order valence-electron chi connectivity index (χ3n) is 2.83. The highest BCUT2D eigenvalue weighted by atomic mass is 32.1. The maximum Gasteiger partial charge on any atom is 0.222 e. The van der Waals surface area contributed by atoms with Crippen LogP contribution in [0.3, 0.4) is 0 Å². The van der Waals surface area contributed by atoms with Crippen LogP contribution in [0.25, 0.3) is 0 Å². The lowest BCUT2D eigenvalue weighted by atomic mass is 10.2. The normalized spacial score (nSPS) is 20.2. The van der Waals surface area contributed by atoms with Crippen molar-refractivity contribution < 1.29 is 9.53 Å². The van der Waals surface area contributed by atoms with Crippen molar-refractivity contribution in [3.05, 3.63) is 21.9 Å². The van der Waals surface area contributed by atoms with Gasteiger partial charge in [0, 0.05) is 18.0 Å². The van der Waals surface area contributed by atoms with E-state index in [0.717, 1.165) is 13.1 Å². The summed E-state index contributed by atoms with van der Waals surface area (Å²) in [7, 11) is 0. The molecule has 2 N–H and O–H groups in total. The first-order valence-electron chi connectivity index (χ1n) is 5.87. The van der Waals surface area contributed by atoms with Gasteiger partial charge < -0.3 is 15.4 Å². The summed E-state index contributed by atoms with van der Waals surface area (Å²) in [5.74, 6) is 0.0616. The van der Waals surface area contributed by atoms with Crippen LogP contribution in [0.1, 0.15) is 16.9 Å². The van der Waals surface area contributed by atoms with Gasteiger partial charge in [-0.25, -0.2) is 0 Å².